The van der Waals surface area contributed by atoms with Gasteiger partial charge in [0.25, 0.3) is 0 Å². The number of carbonyl (C=O) groups excluding carboxylic acids is 6. The minimum Gasteiger partial charge on any atom is -0.508 e. The molecule has 6 unspecified atom stereocenters. The lowest BCUT2D eigenvalue weighted by atomic mass is 9.86. The minimum absolute atomic E-state index is 0.0402. The number of phenolic OH excluding ortho intramolecular Hbond substituents is 1. The molecule has 1 N–H and O–H groups in total. The molecular weight excluding hydrogens is 1310 g/mol. The zero-order valence-electron chi connectivity index (χ0n) is 60.9. The van der Waals surface area contributed by atoms with Crippen molar-refractivity contribution in [1.29, 1.82) is 0 Å². The highest BCUT2D eigenvalue weighted by atomic mass is 28.3. The molecule has 3 aliphatic heterocycles. The Balaban J connectivity index is 0.000000152. The van der Waals surface area contributed by atoms with Gasteiger partial charge < -0.3 is 24.1 Å². The zero-order valence-corrected chi connectivity index (χ0v) is 61.9. The first-order chi connectivity index (χ1) is 49.7. The van der Waals surface area contributed by atoms with Crippen LogP contribution in [-0.2, 0) is 50.1 Å². The van der Waals surface area contributed by atoms with Crippen molar-refractivity contribution < 1.29 is 52.8 Å². The Hall–Kier alpha value is -9.78. The average molecular weight is 1400 g/mol. The summed E-state index contributed by atoms with van der Waals surface area (Å²) < 4.78 is 20.6. The Morgan fingerprint density at radius 1 is 0.456 bits per heavy atom. The summed E-state index contributed by atoms with van der Waals surface area (Å²) in [6, 6.07) is 70.7. The molecule has 16 heteroatoms. The van der Waals surface area contributed by atoms with Crippen LogP contribution in [0.25, 0.3) is 11.1 Å². The summed E-state index contributed by atoms with van der Waals surface area (Å²) in [7, 11) is 5.53. The summed E-state index contributed by atoms with van der Waals surface area (Å²) in [5.41, 5.74) is 10.8. The predicted molar refractivity (Wildman–Crippen MR) is 410 cm³/mol. The molecule has 15 nitrogen and oxygen atoms in total. The molecule has 3 heterocycles. The van der Waals surface area contributed by atoms with Crippen LogP contribution in [0.4, 0.5) is 0 Å². The predicted octanol–water partition coefficient (Wildman–Crippen LogP) is 14.7. The van der Waals surface area contributed by atoms with Crippen LogP contribution in [0.2, 0.25) is 19.6 Å². The molecule has 3 fully saturated rings. The molecule has 0 aromatic heterocycles. The van der Waals surface area contributed by atoms with Gasteiger partial charge in [0, 0.05) is 119 Å². The topological polar surface area (TPSA) is 173 Å². The number of aromatic hydroxyl groups is 1. The van der Waals surface area contributed by atoms with E-state index in [9.17, 15) is 33.9 Å². The van der Waals surface area contributed by atoms with Gasteiger partial charge in [0.05, 0.1) is 36.1 Å². The molecule has 5 aliphatic rings. The maximum Gasteiger partial charge on any atom is 0.185 e. The van der Waals surface area contributed by atoms with Crippen molar-refractivity contribution in [2.45, 2.75) is 59.7 Å². The molecule has 536 valence electrons. The highest BCUT2D eigenvalue weighted by Crippen LogP contribution is 2.44. The standard InChI is InChI=1S/C21H23NO3.C21H21NO2.C20H19NO2.C13H23NOSi.C12H12O3/c1-15(23)19-13-22(12-16-6-4-3-5-7-16)14-20(19)21(24)17-8-10-18(25-2)11-9-17;1-24-17-9-7-16(8-10-17)18-11-21(23)20-14-22(13-19(18)20)12-15-5-3-2-4-6-15;22-16-8-6-15(7-9-16)17-10-20(23)19-13-21(12-18(17)19)11-14-4-2-1-3-5-14;1-15-11-14(12-16(2,3)4)10-13-8-6-5-7-9-13;1-9(13)3-8-12(14)10-4-6-11(15-2)7-5-10/h3-11,19-20H,12-14H2,1-2H3;2-11,19-20H,12-14H2,1H3;1-10,18-19,22H,11-13H2;5-9H,10-12H2,1-4H3;3-8H,1-2H3/b;;;;8-3+. The zero-order chi connectivity index (χ0) is 73.4. The number of phenols is 1. The smallest absolute Gasteiger partial charge is 0.185 e. The van der Waals surface area contributed by atoms with Crippen LogP contribution in [0.3, 0.4) is 0 Å². The Bertz CT molecular complexity index is 4170. The number of benzene rings is 8. The highest BCUT2D eigenvalue weighted by molar-refractivity contribution is 6.76. The number of hydrogen-bond acceptors (Lipinski definition) is 15. The lowest BCUT2D eigenvalue weighted by molar-refractivity contribution is -0.121. The summed E-state index contributed by atoms with van der Waals surface area (Å²) in [4.78, 5) is 81.3. The second-order valence-corrected chi connectivity index (χ2v) is 33.6. The van der Waals surface area contributed by atoms with Crippen molar-refractivity contribution in [2.75, 3.05) is 80.6 Å². The van der Waals surface area contributed by atoms with E-state index < -0.39 is 8.07 Å². The van der Waals surface area contributed by atoms with Crippen LogP contribution in [0, 0.1) is 35.5 Å². The lowest BCUT2D eigenvalue weighted by Crippen LogP contribution is -2.40. The number of hydrogen-bond donors (Lipinski definition) is 1. The van der Waals surface area contributed by atoms with Gasteiger partial charge >= 0.3 is 0 Å². The fourth-order valence-corrected chi connectivity index (χ4v) is 15.6. The van der Waals surface area contributed by atoms with Crippen molar-refractivity contribution in [3.8, 4) is 23.0 Å². The number of methoxy groups -OCH3 is 4. The maximum atomic E-state index is 12.9. The molecule has 13 rings (SSSR count). The first-order valence-electron chi connectivity index (χ1n) is 35.2. The number of likely N-dealkylation sites (tertiary alicyclic amines) is 3. The van der Waals surface area contributed by atoms with E-state index in [-0.39, 0.29) is 70.0 Å². The number of rotatable bonds is 23. The number of ketones is 6. The van der Waals surface area contributed by atoms with Gasteiger partial charge in [0.15, 0.2) is 28.9 Å². The fraction of sp³-hybridized carbons (Fsp3) is 0.310. The van der Waals surface area contributed by atoms with Crippen LogP contribution in [0.5, 0.6) is 23.0 Å². The third-order valence-electron chi connectivity index (χ3n) is 19.0. The van der Waals surface area contributed by atoms with E-state index in [4.69, 9.17) is 18.9 Å². The molecule has 0 amide bonds. The van der Waals surface area contributed by atoms with Gasteiger partial charge in [-0.15, -0.1) is 0 Å². The maximum absolute atomic E-state index is 12.9. The number of allylic oxidation sites excluding steroid dienone is 4. The second-order valence-electron chi connectivity index (χ2n) is 28.1. The van der Waals surface area contributed by atoms with E-state index in [1.165, 1.54) is 53.1 Å². The first-order valence-corrected chi connectivity index (χ1v) is 38.9. The third-order valence-corrected chi connectivity index (χ3v) is 20.4. The number of nitrogens with zero attached hydrogens (tertiary/aromatic N) is 4. The quantitative estimate of drug-likeness (QED) is 0.0277. The van der Waals surface area contributed by atoms with Crippen molar-refractivity contribution in [1.82, 2.24) is 19.6 Å². The Kier molecular flexibility index (Phi) is 28.5. The van der Waals surface area contributed by atoms with Gasteiger partial charge in [-0.05, 0) is 162 Å². The highest BCUT2D eigenvalue weighted by Gasteiger charge is 2.45. The molecule has 3 saturated heterocycles. The van der Waals surface area contributed by atoms with Crippen molar-refractivity contribution in [2.24, 2.45) is 35.5 Å². The van der Waals surface area contributed by atoms with Gasteiger partial charge in [0.2, 0.25) is 0 Å². The molecule has 8 aromatic rings. The summed E-state index contributed by atoms with van der Waals surface area (Å²) >= 11 is 0. The number of Topliss-reactive ketones (excluding diaryl/α,β-unsaturated/α-hetero) is 2. The van der Waals surface area contributed by atoms with Crippen molar-refractivity contribution in [3.05, 3.63) is 287 Å². The fourth-order valence-electron chi connectivity index (χ4n) is 14.1. The molecule has 0 spiro atoms. The van der Waals surface area contributed by atoms with E-state index in [1.807, 2.05) is 66.7 Å². The van der Waals surface area contributed by atoms with Crippen LogP contribution in [-0.4, -0.2) is 148 Å². The van der Waals surface area contributed by atoms with Crippen molar-refractivity contribution in [3.63, 3.8) is 0 Å². The largest absolute Gasteiger partial charge is 0.508 e. The summed E-state index contributed by atoms with van der Waals surface area (Å²) in [5.74, 6) is 3.11. The molecule has 8 aromatic carbocycles. The minimum atomic E-state index is -1.07. The van der Waals surface area contributed by atoms with E-state index in [1.54, 1.807) is 96.0 Å². The summed E-state index contributed by atoms with van der Waals surface area (Å²) in [6.45, 7) is 19.2. The van der Waals surface area contributed by atoms with E-state index >= 15 is 0 Å². The summed E-state index contributed by atoms with van der Waals surface area (Å²) in [6.07, 6.45) is 7.37. The van der Waals surface area contributed by atoms with E-state index in [2.05, 4.69) is 142 Å². The first kappa shape index (κ1) is 77.4. The van der Waals surface area contributed by atoms with Crippen LogP contribution in [0.1, 0.15) is 67.9 Å². The number of carbonyl (C=O) groups is 6. The Labute approximate surface area is 609 Å². The van der Waals surface area contributed by atoms with Crippen LogP contribution in [0.15, 0.2) is 243 Å². The molecule has 0 bridgehead atoms. The monoisotopic (exact) mass is 1400 g/mol. The Morgan fingerprint density at radius 3 is 1.21 bits per heavy atom. The van der Waals surface area contributed by atoms with Crippen LogP contribution >= 0.6 is 0 Å². The van der Waals surface area contributed by atoms with Gasteiger partial charge in [-0.25, -0.2) is 0 Å². The molecular formula is C87H98N4O11Si. The van der Waals surface area contributed by atoms with Crippen LogP contribution < -0.4 is 14.2 Å². The normalized spacial score (nSPS) is 19.0. The van der Waals surface area contributed by atoms with Gasteiger partial charge in [0.1, 0.15) is 28.8 Å². The number of fused-ring (bicyclic) bond motifs is 2. The third kappa shape index (κ3) is 22.9. The number of ether oxygens (including phenoxy) is 4. The van der Waals surface area contributed by atoms with Gasteiger partial charge in [-0.2, -0.15) is 0 Å². The summed E-state index contributed by atoms with van der Waals surface area (Å²) in [5, 5.41) is 9.45. The van der Waals surface area contributed by atoms with Crippen molar-refractivity contribution >= 4 is 53.9 Å². The molecule has 0 saturated carbocycles. The SMILES string of the molecule is COCN(Cc1ccccc1)C[Si](C)(C)C.COc1ccc(C(=O)/C=C/C(C)=O)cc1.COc1ccc(C(=O)C2CN(Cc3ccccc3)CC2C(C)=O)cc1.COc1ccc(C2=CC(=O)C3CN(Cc4ccccc4)CC23)cc1.O=C1C=C(c2ccc(O)cc2)C2CN(Cc3ccccc3)CC12. The van der Waals surface area contributed by atoms with E-state index in [0.717, 1.165) is 87.3 Å². The second kappa shape index (κ2) is 37.9. The van der Waals surface area contributed by atoms with Gasteiger partial charge in [-0.1, -0.05) is 165 Å². The average Bonchev–Trinajstić information content (AvgIpc) is 1.63. The lowest BCUT2D eigenvalue weighted by Gasteiger charge is -2.28. The molecule has 0 radical (unpaired) electrons. The molecule has 103 heavy (non-hydrogen) atoms. The molecule has 2 aliphatic carbocycles. The molecule has 6 atom stereocenters. The van der Waals surface area contributed by atoms with Gasteiger partial charge in [-0.3, -0.25) is 48.4 Å². The Morgan fingerprint density at radius 2 is 0.825 bits per heavy atom. The van der Waals surface area contributed by atoms with E-state index in [0.29, 0.717) is 35.9 Å².